The highest BCUT2D eigenvalue weighted by Crippen LogP contribution is 2.27. The van der Waals surface area contributed by atoms with E-state index in [2.05, 4.69) is 10.3 Å². The van der Waals surface area contributed by atoms with E-state index >= 15 is 0 Å². The van der Waals surface area contributed by atoms with Gasteiger partial charge in [-0.1, -0.05) is 19.3 Å². The van der Waals surface area contributed by atoms with E-state index in [0.29, 0.717) is 6.54 Å². The molecule has 1 saturated carbocycles. The Hall–Kier alpha value is -0.570. The molecule has 15 heavy (non-hydrogen) atoms. The Morgan fingerprint density at radius 2 is 1.93 bits per heavy atom. The molecule has 0 aromatic carbocycles. The second kappa shape index (κ2) is 4.97. The van der Waals surface area contributed by atoms with Gasteiger partial charge in [0.1, 0.15) is 0 Å². The highest BCUT2D eigenvalue weighted by Gasteiger charge is 2.29. The normalized spacial score (nSPS) is 25.8. The SMILES string of the molecule is OC1(CNC2=NCCCC2)CCCCC1. The summed E-state index contributed by atoms with van der Waals surface area (Å²) in [7, 11) is 0. The second-order valence-electron chi connectivity index (χ2n) is 4.92. The number of hydrogen-bond donors (Lipinski definition) is 2. The number of aliphatic hydroxyl groups is 1. The zero-order chi connectivity index (χ0) is 10.6. The van der Waals surface area contributed by atoms with Crippen LogP contribution in [0.15, 0.2) is 4.99 Å². The summed E-state index contributed by atoms with van der Waals surface area (Å²) in [5.74, 6) is 1.11. The second-order valence-corrected chi connectivity index (χ2v) is 4.92. The van der Waals surface area contributed by atoms with Gasteiger partial charge in [0, 0.05) is 19.5 Å². The van der Waals surface area contributed by atoms with Gasteiger partial charge in [-0.05, 0) is 25.7 Å². The van der Waals surface area contributed by atoms with Crippen molar-refractivity contribution in [1.29, 1.82) is 0 Å². The minimum atomic E-state index is -0.460. The Bertz CT molecular complexity index is 232. The fourth-order valence-corrected chi connectivity index (χ4v) is 2.49. The number of rotatable bonds is 2. The Kier molecular flexibility index (Phi) is 3.62. The van der Waals surface area contributed by atoms with E-state index in [4.69, 9.17) is 0 Å². The van der Waals surface area contributed by atoms with E-state index < -0.39 is 5.60 Å². The van der Waals surface area contributed by atoms with Crippen LogP contribution in [0.5, 0.6) is 0 Å². The fraction of sp³-hybridized carbons (Fsp3) is 0.917. The molecule has 0 spiro atoms. The Morgan fingerprint density at radius 1 is 1.13 bits per heavy atom. The van der Waals surface area contributed by atoms with Crippen LogP contribution in [-0.2, 0) is 0 Å². The minimum Gasteiger partial charge on any atom is -0.388 e. The van der Waals surface area contributed by atoms with Crippen molar-refractivity contribution in [3.8, 4) is 0 Å². The van der Waals surface area contributed by atoms with Crippen molar-refractivity contribution in [1.82, 2.24) is 5.32 Å². The van der Waals surface area contributed by atoms with E-state index in [9.17, 15) is 5.11 Å². The average molecular weight is 210 g/mol. The maximum atomic E-state index is 10.3. The number of nitrogens with one attached hydrogen (secondary N) is 1. The maximum Gasteiger partial charge on any atom is 0.0964 e. The third kappa shape index (κ3) is 3.20. The van der Waals surface area contributed by atoms with E-state index in [1.165, 1.54) is 32.1 Å². The number of aliphatic imine (C=N–C) groups is 1. The molecule has 2 N–H and O–H groups in total. The first-order chi connectivity index (χ1) is 7.29. The summed E-state index contributed by atoms with van der Waals surface area (Å²) in [6.45, 7) is 1.66. The molecule has 1 aliphatic heterocycles. The average Bonchev–Trinajstić information content (AvgIpc) is 2.29. The van der Waals surface area contributed by atoms with Crippen LogP contribution in [0.25, 0.3) is 0 Å². The third-order valence-corrected chi connectivity index (χ3v) is 3.53. The first-order valence-corrected chi connectivity index (χ1v) is 6.28. The zero-order valence-corrected chi connectivity index (χ0v) is 9.47. The summed E-state index contributed by atoms with van der Waals surface area (Å²) in [5, 5.41) is 13.6. The van der Waals surface area contributed by atoms with Gasteiger partial charge in [0.2, 0.25) is 0 Å². The first-order valence-electron chi connectivity index (χ1n) is 6.28. The molecule has 0 bridgehead atoms. The molecule has 0 aromatic rings. The van der Waals surface area contributed by atoms with E-state index in [-0.39, 0.29) is 0 Å². The predicted molar refractivity (Wildman–Crippen MR) is 62.2 cm³/mol. The van der Waals surface area contributed by atoms with Crippen LogP contribution in [0.3, 0.4) is 0 Å². The molecule has 0 atom stereocenters. The van der Waals surface area contributed by atoms with Crippen LogP contribution in [0, 0.1) is 0 Å². The fourth-order valence-electron chi connectivity index (χ4n) is 2.49. The van der Waals surface area contributed by atoms with Crippen LogP contribution >= 0.6 is 0 Å². The Balaban J connectivity index is 1.78. The van der Waals surface area contributed by atoms with Gasteiger partial charge in [-0.25, -0.2) is 0 Å². The van der Waals surface area contributed by atoms with Gasteiger partial charge < -0.3 is 10.4 Å². The number of hydrogen-bond acceptors (Lipinski definition) is 3. The molecule has 0 amide bonds. The lowest BCUT2D eigenvalue weighted by Gasteiger charge is -2.33. The maximum absolute atomic E-state index is 10.3. The minimum absolute atomic E-state index is 0.460. The van der Waals surface area contributed by atoms with Crippen LogP contribution < -0.4 is 5.32 Å². The van der Waals surface area contributed by atoms with Gasteiger partial charge >= 0.3 is 0 Å². The quantitative estimate of drug-likeness (QED) is 0.730. The molecule has 3 nitrogen and oxygen atoms in total. The van der Waals surface area contributed by atoms with Crippen molar-refractivity contribution in [3.63, 3.8) is 0 Å². The lowest BCUT2D eigenvalue weighted by Crippen LogP contribution is -2.44. The van der Waals surface area contributed by atoms with Crippen molar-refractivity contribution in [2.45, 2.75) is 57.0 Å². The van der Waals surface area contributed by atoms with Gasteiger partial charge in [0.25, 0.3) is 0 Å². The highest BCUT2D eigenvalue weighted by molar-refractivity contribution is 5.82. The van der Waals surface area contributed by atoms with Crippen LogP contribution in [-0.4, -0.2) is 29.6 Å². The summed E-state index contributed by atoms with van der Waals surface area (Å²) < 4.78 is 0. The van der Waals surface area contributed by atoms with Crippen LogP contribution in [0.4, 0.5) is 0 Å². The van der Waals surface area contributed by atoms with Crippen molar-refractivity contribution < 1.29 is 5.11 Å². The lowest BCUT2D eigenvalue weighted by atomic mass is 9.85. The Labute approximate surface area is 92.0 Å². The van der Waals surface area contributed by atoms with Crippen LogP contribution in [0.1, 0.15) is 51.4 Å². The van der Waals surface area contributed by atoms with Crippen molar-refractivity contribution in [2.75, 3.05) is 13.1 Å². The molecule has 1 fully saturated rings. The molecule has 2 rings (SSSR count). The summed E-state index contributed by atoms with van der Waals surface area (Å²) >= 11 is 0. The molecule has 1 aliphatic carbocycles. The molecular weight excluding hydrogens is 188 g/mol. The molecule has 1 heterocycles. The van der Waals surface area contributed by atoms with Gasteiger partial charge in [-0.2, -0.15) is 0 Å². The molecule has 86 valence electrons. The molecule has 3 heteroatoms. The van der Waals surface area contributed by atoms with E-state index in [1.807, 2.05) is 0 Å². The third-order valence-electron chi connectivity index (χ3n) is 3.53. The molecule has 0 unspecified atom stereocenters. The van der Waals surface area contributed by atoms with Gasteiger partial charge in [0.15, 0.2) is 0 Å². The van der Waals surface area contributed by atoms with Crippen molar-refractivity contribution >= 4 is 5.84 Å². The monoisotopic (exact) mass is 210 g/mol. The standard InChI is InChI=1S/C12H22N2O/c15-12(7-3-1-4-8-12)10-14-11-6-2-5-9-13-11/h15H,1-10H2,(H,13,14). The van der Waals surface area contributed by atoms with Crippen LogP contribution in [0.2, 0.25) is 0 Å². The van der Waals surface area contributed by atoms with E-state index in [1.54, 1.807) is 0 Å². The predicted octanol–water partition coefficient (Wildman–Crippen LogP) is 1.85. The van der Waals surface area contributed by atoms with Crippen molar-refractivity contribution in [2.24, 2.45) is 4.99 Å². The number of nitrogens with zero attached hydrogens (tertiary/aromatic N) is 1. The van der Waals surface area contributed by atoms with Gasteiger partial charge in [-0.3, -0.25) is 4.99 Å². The Morgan fingerprint density at radius 3 is 2.60 bits per heavy atom. The van der Waals surface area contributed by atoms with Gasteiger partial charge in [0.05, 0.1) is 11.4 Å². The summed E-state index contributed by atoms with van der Waals surface area (Å²) in [4.78, 5) is 4.44. The topological polar surface area (TPSA) is 44.6 Å². The highest BCUT2D eigenvalue weighted by atomic mass is 16.3. The largest absolute Gasteiger partial charge is 0.388 e. The summed E-state index contributed by atoms with van der Waals surface area (Å²) in [6, 6.07) is 0. The molecule has 2 aliphatic rings. The zero-order valence-electron chi connectivity index (χ0n) is 9.47. The molecule has 0 aromatic heterocycles. The van der Waals surface area contributed by atoms with Crippen molar-refractivity contribution in [3.05, 3.63) is 0 Å². The number of amidine groups is 1. The molecule has 0 saturated heterocycles. The molecular formula is C12H22N2O. The molecule has 0 radical (unpaired) electrons. The van der Waals surface area contributed by atoms with Gasteiger partial charge in [-0.15, -0.1) is 0 Å². The summed E-state index contributed by atoms with van der Waals surface area (Å²) in [6.07, 6.45) is 9.05. The first kappa shape index (κ1) is 10.9. The lowest BCUT2D eigenvalue weighted by molar-refractivity contribution is 0.00863. The van der Waals surface area contributed by atoms with E-state index in [0.717, 1.165) is 31.6 Å². The summed E-state index contributed by atoms with van der Waals surface area (Å²) in [5.41, 5.74) is -0.460. The smallest absolute Gasteiger partial charge is 0.0964 e.